The molecule has 14 heteroatoms. The number of piperidine rings is 1. The van der Waals surface area contributed by atoms with Crippen LogP contribution in [-0.4, -0.2) is 77.7 Å². The van der Waals surface area contributed by atoms with Crippen molar-refractivity contribution in [2.75, 3.05) is 26.2 Å². The number of ether oxygens (including phenoxy) is 3. The first-order valence-corrected chi connectivity index (χ1v) is 13.7. The van der Waals surface area contributed by atoms with Crippen LogP contribution in [0.4, 0.5) is 31.1 Å². The molecule has 1 spiro atoms. The molecule has 232 valence electrons. The van der Waals surface area contributed by atoms with Gasteiger partial charge in [-0.15, -0.1) is 0 Å². The molecule has 2 aliphatic heterocycles. The molecule has 3 rings (SSSR count). The van der Waals surface area contributed by atoms with Crippen LogP contribution in [0.15, 0.2) is 18.2 Å². The Bertz CT molecular complexity index is 1050. The molecule has 1 aromatic rings. The summed E-state index contributed by atoms with van der Waals surface area (Å²) in [7, 11) is 0. The Hall–Kier alpha value is -2.41. The number of esters is 1. The Balaban J connectivity index is 1.59. The zero-order chi connectivity index (χ0) is 30.6. The number of nitrogens with zero attached hydrogens (tertiary/aromatic N) is 2. The van der Waals surface area contributed by atoms with E-state index in [1.807, 2.05) is 6.07 Å². The number of halogens is 7. The first-order chi connectivity index (χ1) is 18.9. The highest BCUT2D eigenvalue weighted by Crippen LogP contribution is 2.41. The highest BCUT2D eigenvalue weighted by Gasteiger charge is 2.60. The van der Waals surface area contributed by atoms with Crippen LogP contribution in [0.1, 0.15) is 64.9 Å². The van der Waals surface area contributed by atoms with Crippen LogP contribution < -0.4 is 4.74 Å². The molecular weight excluding hydrogens is 582 g/mol. The second-order valence-corrected chi connectivity index (χ2v) is 11.8. The van der Waals surface area contributed by atoms with E-state index in [4.69, 9.17) is 21.1 Å². The van der Waals surface area contributed by atoms with Crippen LogP contribution in [0, 0.1) is 0 Å². The standard InChI is InChI=1S/C27H35ClF6N2O5/c1-24(2,3)41-21(37)6-4-15-39-20-16-19(28)8-7-18(20)17-36-12-5-9-25(36)10-13-35(14-11-25)23(38)40-22(26(29,30)31)27(32,33)34/h7-8,16,22H,4-6,9-15,17H2,1-3H3. The minimum Gasteiger partial charge on any atom is -0.493 e. The lowest BCUT2D eigenvalue weighted by Gasteiger charge is -2.45. The third-order valence-corrected chi connectivity index (χ3v) is 7.33. The van der Waals surface area contributed by atoms with Gasteiger partial charge in [0.05, 0.1) is 6.61 Å². The quantitative estimate of drug-likeness (QED) is 0.180. The normalized spacial score (nSPS) is 18.2. The molecule has 7 nitrogen and oxygen atoms in total. The van der Waals surface area contributed by atoms with E-state index in [9.17, 15) is 35.9 Å². The minimum absolute atomic E-state index is 0.0353. The Kier molecular flexibility index (Phi) is 10.4. The predicted molar refractivity (Wildman–Crippen MR) is 138 cm³/mol. The zero-order valence-corrected chi connectivity index (χ0v) is 23.9. The fourth-order valence-corrected chi connectivity index (χ4v) is 5.36. The van der Waals surface area contributed by atoms with Crippen molar-refractivity contribution in [1.82, 2.24) is 9.80 Å². The molecule has 2 fully saturated rings. The van der Waals surface area contributed by atoms with Gasteiger partial charge in [0.1, 0.15) is 11.4 Å². The maximum absolute atomic E-state index is 12.8. The van der Waals surface area contributed by atoms with Gasteiger partial charge in [0.15, 0.2) is 0 Å². The summed E-state index contributed by atoms with van der Waals surface area (Å²) in [6.07, 6.45) is -14.4. The molecule has 0 N–H and O–H groups in total. The van der Waals surface area contributed by atoms with Crippen molar-refractivity contribution in [1.29, 1.82) is 0 Å². The number of carbonyl (C=O) groups is 2. The van der Waals surface area contributed by atoms with Gasteiger partial charge in [0.2, 0.25) is 0 Å². The second kappa shape index (κ2) is 12.8. The molecule has 0 aliphatic carbocycles. The van der Waals surface area contributed by atoms with Gasteiger partial charge in [-0.1, -0.05) is 17.7 Å². The molecule has 2 aliphatic rings. The Morgan fingerprint density at radius 2 is 1.63 bits per heavy atom. The topological polar surface area (TPSA) is 68.3 Å². The SMILES string of the molecule is CC(C)(C)OC(=O)CCCOc1cc(Cl)ccc1CN1CCCC12CCN(C(=O)OC(C(F)(F)F)C(F)(F)F)CC2. The van der Waals surface area contributed by atoms with Gasteiger partial charge in [-0.3, -0.25) is 9.69 Å². The van der Waals surface area contributed by atoms with E-state index in [0.717, 1.165) is 29.8 Å². The molecule has 1 amide bonds. The zero-order valence-electron chi connectivity index (χ0n) is 23.2. The van der Waals surface area contributed by atoms with Crippen LogP contribution in [0.3, 0.4) is 0 Å². The van der Waals surface area contributed by atoms with E-state index in [1.54, 1.807) is 32.9 Å². The molecule has 1 aromatic carbocycles. The molecule has 0 unspecified atom stereocenters. The van der Waals surface area contributed by atoms with Crippen molar-refractivity contribution in [2.45, 2.75) is 95.4 Å². The lowest BCUT2D eigenvalue weighted by atomic mass is 9.85. The molecule has 2 heterocycles. The average molecular weight is 617 g/mol. The van der Waals surface area contributed by atoms with Gasteiger partial charge in [0, 0.05) is 42.2 Å². The minimum atomic E-state index is -5.76. The summed E-state index contributed by atoms with van der Waals surface area (Å²) in [6, 6.07) is 5.24. The fraction of sp³-hybridized carbons (Fsp3) is 0.704. The molecular formula is C27H35ClF6N2O5. The van der Waals surface area contributed by atoms with Crippen LogP contribution >= 0.6 is 11.6 Å². The second-order valence-electron chi connectivity index (χ2n) is 11.4. The smallest absolute Gasteiger partial charge is 0.434 e. The number of hydrogen-bond donors (Lipinski definition) is 0. The highest BCUT2D eigenvalue weighted by molar-refractivity contribution is 6.30. The molecule has 0 aromatic heterocycles. The largest absolute Gasteiger partial charge is 0.493 e. The van der Waals surface area contributed by atoms with Crippen molar-refractivity contribution in [3.63, 3.8) is 0 Å². The maximum atomic E-state index is 12.8. The Labute approximate surface area is 240 Å². The van der Waals surface area contributed by atoms with Crippen LogP contribution in [0.2, 0.25) is 5.02 Å². The fourth-order valence-electron chi connectivity index (χ4n) is 5.20. The van der Waals surface area contributed by atoms with Gasteiger partial charge in [-0.05, 0) is 71.6 Å². The number of hydrogen-bond acceptors (Lipinski definition) is 6. The molecule has 2 saturated heterocycles. The van der Waals surface area contributed by atoms with Crippen molar-refractivity contribution >= 4 is 23.7 Å². The van der Waals surface area contributed by atoms with Crippen molar-refractivity contribution < 1.29 is 50.1 Å². The Morgan fingerprint density at radius 3 is 2.22 bits per heavy atom. The van der Waals surface area contributed by atoms with Gasteiger partial charge < -0.3 is 19.1 Å². The van der Waals surface area contributed by atoms with Crippen molar-refractivity contribution in [2.24, 2.45) is 0 Å². The van der Waals surface area contributed by atoms with E-state index in [2.05, 4.69) is 9.64 Å². The molecule has 0 saturated carbocycles. The van der Waals surface area contributed by atoms with E-state index in [-0.39, 0.29) is 37.6 Å². The Morgan fingerprint density at radius 1 is 1.00 bits per heavy atom. The van der Waals surface area contributed by atoms with Gasteiger partial charge in [-0.2, -0.15) is 26.3 Å². The number of rotatable bonds is 8. The number of alkyl halides is 6. The van der Waals surface area contributed by atoms with E-state index < -0.39 is 30.2 Å². The maximum Gasteiger partial charge on any atom is 0.434 e. The van der Waals surface area contributed by atoms with Gasteiger partial charge in [0.25, 0.3) is 6.10 Å². The average Bonchev–Trinajstić information content (AvgIpc) is 3.20. The summed E-state index contributed by atoms with van der Waals surface area (Å²) in [5.74, 6) is 0.226. The summed E-state index contributed by atoms with van der Waals surface area (Å²) in [4.78, 5) is 27.3. The third-order valence-electron chi connectivity index (χ3n) is 7.10. The third kappa shape index (κ3) is 9.29. The van der Waals surface area contributed by atoms with Crippen LogP contribution in [-0.2, 0) is 20.8 Å². The lowest BCUT2D eigenvalue weighted by molar-refractivity contribution is -0.308. The summed E-state index contributed by atoms with van der Waals surface area (Å²) in [5.41, 5.74) is -0.111. The highest BCUT2D eigenvalue weighted by atomic mass is 35.5. The molecule has 0 bridgehead atoms. The number of carbonyl (C=O) groups excluding carboxylic acids is 2. The summed E-state index contributed by atoms with van der Waals surface area (Å²) < 4.78 is 92.1. The van der Waals surface area contributed by atoms with Gasteiger partial charge in [-0.25, -0.2) is 4.79 Å². The van der Waals surface area contributed by atoms with E-state index in [0.29, 0.717) is 36.6 Å². The van der Waals surface area contributed by atoms with Crippen LogP contribution in [0.25, 0.3) is 0 Å². The van der Waals surface area contributed by atoms with Crippen molar-refractivity contribution in [3.8, 4) is 5.75 Å². The number of amides is 1. The number of benzene rings is 1. The van der Waals surface area contributed by atoms with E-state index >= 15 is 0 Å². The van der Waals surface area contributed by atoms with Crippen molar-refractivity contribution in [3.05, 3.63) is 28.8 Å². The molecule has 41 heavy (non-hydrogen) atoms. The summed E-state index contributed by atoms with van der Waals surface area (Å²) >= 11 is 6.19. The van der Waals surface area contributed by atoms with Crippen LogP contribution in [0.5, 0.6) is 5.75 Å². The monoisotopic (exact) mass is 616 g/mol. The van der Waals surface area contributed by atoms with E-state index in [1.165, 1.54) is 0 Å². The summed E-state index contributed by atoms with van der Waals surface area (Å²) in [5, 5.41) is 0.467. The summed E-state index contributed by atoms with van der Waals surface area (Å²) in [6.45, 7) is 6.74. The first-order valence-electron chi connectivity index (χ1n) is 13.4. The lowest BCUT2D eigenvalue weighted by Crippen LogP contribution is -2.54. The first kappa shape index (κ1) is 33.1. The number of likely N-dealkylation sites (tertiary alicyclic amines) is 2. The predicted octanol–water partition coefficient (Wildman–Crippen LogP) is 6.90. The van der Waals surface area contributed by atoms with Gasteiger partial charge >= 0.3 is 24.4 Å². The molecule has 0 radical (unpaired) electrons. The molecule has 0 atom stereocenters.